The van der Waals surface area contributed by atoms with Crippen LogP contribution in [0.1, 0.15) is 13.3 Å². The zero-order valence-electron chi connectivity index (χ0n) is 7.80. The number of nitrogens with two attached hydrogens (primary N) is 2. The van der Waals surface area contributed by atoms with E-state index in [9.17, 15) is 13.0 Å². The molecule has 0 saturated carbocycles. The van der Waals surface area contributed by atoms with Crippen molar-refractivity contribution in [2.45, 2.75) is 19.4 Å². The lowest BCUT2D eigenvalue weighted by atomic mass is 10.3. The molecule has 14 heavy (non-hydrogen) atoms. The molecule has 0 fully saturated rings. The minimum atomic E-state index is -4.56. The van der Waals surface area contributed by atoms with Crippen molar-refractivity contribution in [1.82, 2.24) is 0 Å². The van der Waals surface area contributed by atoms with Gasteiger partial charge in [0.15, 0.2) is 0 Å². The van der Waals surface area contributed by atoms with E-state index in [0.717, 1.165) is 0 Å². The van der Waals surface area contributed by atoms with Crippen LogP contribution in [-0.2, 0) is 14.6 Å². The molecule has 7 nitrogen and oxygen atoms in total. The van der Waals surface area contributed by atoms with Crippen LogP contribution in [0, 0.1) is 0 Å². The van der Waals surface area contributed by atoms with Crippen LogP contribution < -0.4 is 17.2 Å². The highest BCUT2D eigenvalue weighted by molar-refractivity contribution is 7.80. The standard InChI is InChI=1S/C4H11NO4S.CH4N2S/c1-2-4(5)3-9-10(6,7)8;2-1(3)4/h4H,2-3,5H2,1H3,(H,6,7,8);(H4,2,3,4). The first-order chi connectivity index (χ1) is 6.19. The van der Waals surface area contributed by atoms with Gasteiger partial charge in [0.2, 0.25) is 10.4 Å². The van der Waals surface area contributed by atoms with Gasteiger partial charge in [0.25, 0.3) is 5.11 Å². The Balaban J connectivity index is 0. The van der Waals surface area contributed by atoms with Gasteiger partial charge in [0.05, 0.1) is 6.61 Å². The Labute approximate surface area is 88.5 Å². The largest absolute Gasteiger partial charge is 0.726 e. The molecule has 9 heteroatoms. The van der Waals surface area contributed by atoms with Crippen LogP contribution in [0.4, 0.5) is 0 Å². The van der Waals surface area contributed by atoms with Gasteiger partial charge in [-0.1, -0.05) is 6.92 Å². The first kappa shape index (κ1) is 16.1. The average Bonchev–Trinajstić information content (AvgIpc) is 1.97. The normalized spacial score (nSPS) is 12.6. The summed E-state index contributed by atoms with van der Waals surface area (Å²) in [7, 11) is -4.56. The molecular formula is C5H15N3O4S2. The minimum absolute atomic E-state index is 0.234. The zero-order valence-corrected chi connectivity index (χ0v) is 9.44. The molecule has 0 aromatic rings. The monoisotopic (exact) mass is 245 g/mol. The Morgan fingerprint density at radius 3 is 2.29 bits per heavy atom. The minimum Gasteiger partial charge on any atom is -0.726 e. The number of quaternary nitrogens is 1. The molecule has 0 aliphatic rings. The number of hydrogen-bond donors (Lipinski definition) is 3. The molecule has 0 spiro atoms. The first-order valence-corrected chi connectivity index (χ1v) is 5.40. The molecule has 0 aliphatic carbocycles. The Bertz CT molecular complexity index is 250. The lowest BCUT2D eigenvalue weighted by Gasteiger charge is -2.10. The molecule has 0 rings (SSSR count). The molecule has 0 amide bonds. The third-order valence-corrected chi connectivity index (χ3v) is 1.38. The molecule has 86 valence electrons. The van der Waals surface area contributed by atoms with Gasteiger partial charge >= 0.3 is 0 Å². The molecule has 0 saturated heterocycles. The fourth-order valence-electron chi connectivity index (χ4n) is 0.289. The van der Waals surface area contributed by atoms with Gasteiger partial charge < -0.3 is 21.8 Å². The first-order valence-electron chi connectivity index (χ1n) is 3.66. The molecule has 1 unspecified atom stereocenters. The van der Waals surface area contributed by atoms with E-state index >= 15 is 0 Å². The van der Waals surface area contributed by atoms with Crippen molar-refractivity contribution < 1.29 is 22.9 Å². The molecule has 0 aliphatic heterocycles. The summed E-state index contributed by atoms with van der Waals surface area (Å²) in [5, 5.41) is 0.250. The second-order valence-electron chi connectivity index (χ2n) is 2.33. The summed E-state index contributed by atoms with van der Waals surface area (Å²) < 4.78 is 33.3. The van der Waals surface area contributed by atoms with E-state index in [2.05, 4.69) is 22.1 Å². The van der Waals surface area contributed by atoms with E-state index in [1.54, 1.807) is 6.92 Å². The SMILES string of the molecule is CCC(N)COS(=O)(=O)[O-].NC([NH3+])=S. The van der Waals surface area contributed by atoms with Crippen molar-refractivity contribution in [3.8, 4) is 0 Å². The molecule has 7 N–H and O–H groups in total. The maximum Gasteiger partial charge on any atom is 0.262 e. The van der Waals surface area contributed by atoms with E-state index < -0.39 is 10.4 Å². The second kappa shape index (κ2) is 8.03. The van der Waals surface area contributed by atoms with Gasteiger partial charge in [-0.15, -0.1) is 0 Å². The lowest BCUT2D eigenvalue weighted by Crippen LogP contribution is -2.60. The van der Waals surface area contributed by atoms with Crippen LogP contribution in [0.25, 0.3) is 0 Å². The number of hydrogen-bond acceptors (Lipinski definition) is 6. The Kier molecular flexibility index (Phi) is 9.24. The summed E-state index contributed by atoms with van der Waals surface area (Å²) in [4.78, 5) is 0. The van der Waals surface area contributed by atoms with Gasteiger partial charge in [-0.25, -0.2) is 8.42 Å². The van der Waals surface area contributed by atoms with Crippen molar-refractivity contribution >= 4 is 27.7 Å². The van der Waals surface area contributed by atoms with E-state index in [1.807, 2.05) is 0 Å². The van der Waals surface area contributed by atoms with Crippen molar-refractivity contribution in [3.05, 3.63) is 0 Å². The van der Waals surface area contributed by atoms with Crippen LogP contribution in [0.5, 0.6) is 0 Å². The third-order valence-electron chi connectivity index (χ3n) is 0.951. The summed E-state index contributed by atoms with van der Waals surface area (Å²) in [5.74, 6) is 0. The molecule has 0 bridgehead atoms. The van der Waals surface area contributed by atoms with Crippen molar-refractivity contribution in [2.24, 2.45) is 11.5 Å². The molecule has 0 heterocycles. The van der Waals surface area contributed by atoms with Crippen molar-refractivity contribution in [1.29, 1.82) is 0 Å². The van der Waals surface area contributed by atoms with Gasteiger partial charge in [0.1, 0.15) is 0 Å². The topological polar surface area (TPSA) is 146 Å². The van der Waals surface area contributed by atoms with E-state index in [1.165, 1.54) is 0 Å². The van der Waals surface area contributed by atoms with Crippen molar-refractivity contribution in [2.75, 3.05) is 6.61 Å². The molecular weight excluding hydrogens is 230 g/mol. The molecule has 0 aromatic heterocycles. The molecule has 0 radical (unpaired) electrons. The van der Waals surface area contributed by atoms with Crippen molar-refractivity contribution in [3.63, 3.8) is 0 Å². The van der Waals surface area contributed by atoms with Gasteiger partial charge in [-0.2, -0.15) is 0 Å². The lowest BCUT2D eigenvalue weighted by molar-refractivity contribution is -0.210. The van der Waals surface area contributed by atoms with Crippen LogP contribution in [-0.4, -0.2) is 30.7 Å². The van der Waals surface area contributed by atoms with E-state index in [4.69, 9.17) is 11.5 Å². The van der Waals surface area contributed by atoms with Crippen LogP contribution in [0.15, 0.2) is 0 Å². The quantitative estimate of drug-likeness (QED) is 0.286. The van der Waals surface area contributed by atoms with E-state index in [0.29, 0.717) is 6.42 Å². The highest BCUT2D eigenvalue weighted by atomic mass is 32.3. The van der Waals surface area contributed by atoms with Crippen LogP contribution in [0.3, 0.4) is 0 Å². The van der Waals surface area contributed by atoms with Gasteiger partial charge in [-0.3, -0.25) is 4.18 Å². The maximum atomic E-state index is 9.82. The third kappa shape index (κ3) is 22.6. The Morgan fingerprint density at radius 2 is 2.07 bits per heavy atom. The van der Waals surface area contributed by atoms with Gasteiger partial charge in [0, 0.05) is 18.3 Å². The van der Waals surface area contributed by atoms with Crippen LogP contribution >= 0.6 is 12.2 Å². The average molecular weight is 245 g/mol. The highest BCUT2D eigenvalue weighted by Crippen LogP contribution is 1.91. The zero-order chi connectivity index (χ0) is 11.8. The number of thiocarbonyl (C=S) groups is 1. The fourth-order valence-corrected chi connectivity index (χ4v) is 0.630. The molecule has 1 atom stereocenters. The smallest absolute Gasteiger partial charge is 0.262 e. The number of rotatable bonds is 4. The Hall–Kier alpha value is -0.320. The van der Waals surface area contributed by atoms with Crippen LogP contribution in [0.2, 0.25) is 0 Å². The highest BCUT2D eigenvalue weighted by Gasteiger charge is 2.01. The van der Waals surface area contributed by atoms with Gasteiger partial charge in [-0.05, 0) is 6.42 Å². The summed E-state index contributed by atoms with van der Waals surface area (Å²) in [6.45, 7) is 1.54. The summed E-state index contributed by atoms with van der Waals surface area (Å²) in [6, 6.07) is -0.385. The predicted octanol–water partition coefficient (Wildman–Crippen LogP) is -2.33. The fraction of sp³-hybridized carbons (Fsp3) is 0.800. The summed E-state index contributed by atoms with van der Waals surface area (Å²) in [6.07, 6.45) is 0.579. The summed E-state index contributed by atoms with van der Waals surface area (Å²) in [5.41, 5.74) is 13.1. The van der Waals surface area contributed by atoms with E-state index in [-0.39, 0.29) is 17.8 Å². The second-order valence-corrected chi connectivity index (χ2v) is 3.90. The Morgan fingerprint density at radius 1 is 1.71 bits per heavy atom. The summed E-state index contributed by atoms with van der Waals surface area (Å²) >= 11 is 4.20. The molecule has 0 aromatic carbocycles. The maximum absolute atomic E-state index is 9.82. The predicted molar refractivity (Wildman–Crippen MR) is 53.6 cm³/mol.